The van der Waals surface area contributed by atoms with Crippen molar-refractivity contribution in [2.45, 2.75) is 44.6 Å². The summed E-state index contributed by atoms with van der Waals surface area (Å²) >= 11 is 4.33. The minimum Gasteiger partial charge on any atom is -0.368 e. The largest absolute Gasteiger partial charge is 0.368 e. The number of anilines is 1. The van der Waals surface area contributed by atoms with Crippen LogP contribution in [0.1, 0.15) is 39.5 Å². The van der Waals surface area contributed by atoms with Gasteiger partial charge >= 0.3 is 0 Å². The summed E-state index contributed by atoms with van der Waals surface area (Å²) in [6, 6.07) is 0. The number of hydrogen-bond acceptors (Lipinski definition) is 5. The second kappa shape index (κ2) is 7.44. The fourth-order valence-corrected chi connectivity index (χ4v) is 1.77. The summed E-state index contributed by atoms with van der Waals surface area (Å²) in [5.74, 6) is 0. The molecule has 0 bridgehead atoms. The molecule has 0 aliphatic heterocycles. The maximum absolute atomic E-state index is 4.33. The molecule has 0 unspecified atom stereocenters. The van der Waals surface area contributed by atoms with E-state index < -0.39 is 0 Å². The van der Waals surface area contributed by atoms with Crippen molar-refractivity contribution in [2.24, 2.45) is 0 Å². The summed E-state index contributed by atoms with van der Waals surface area (Å²) in [5, 5.41) is 12.0. The van der Waals surface area contributed by atoms with Gasteiger partial charge in [-0.05, 0) is 18.1 Å². The van der Waals surface area contributed by atoms with E-state index in [4.69, 9.17) is 0 Å². The molecule has 0 spiro atoms. The van der Waals surface area contributed by atoms with Crippen LogP contribution < -0.4 is 4.90 Å². The van der Waals surface area contributed by atoms with Crippen LogP contribution in [0.15, 0.2) is 11.2 Å². The van der Waals surface area contributed by atoms with Crippen molar-refractivity contribution in [2.75, 3.05) is 18.0 Å². The Kier molecular flexibility index (Phi) is 6.15. The van der Waals surface area contributed by atoms with Crippen LogP contribution in [0.25, 0.3) is 0 Å². The summed E-state index contributed by atoms with van der Waals surface area (Å²) < 4.78 is 0. The first-order chi connectivity index (χ1) is 7.79. The third-order valence-electron chi connectivity index (χ3n) is 2.50. The molecule has 0 saturated carbocycles. The monoisotopic (exact) mass is 240 g/mol. The molecule has 0 atom stereocenters. The van der Waals surface area contributed by atoms with Crippen LogP contribution in [0.3, 0.4) is 0 Å². The van der Waals surface area contributed by atoms with Crippen LogP contribution in [0.4, 0.5) is 5.69 Å². The summed E-state index contributed by atoms with van der Waals surface area (Å²) in [7, 11) is 0. The van der Waals surface area contributed by atoms with E-state index in [1.165, 1.54) is 25.7 Å². The molecule has 0 amide bonds. The van der Waals surface area contributed by atoms with E-state index in [9.17, 15) is 0 Å². The Balaban J connectivity index is 2.70. The highest BCUT2D eigenvalue weighted by Gasteiger charge is 2.10. The van der Waals surface area contributed by atoms with Gasteiger partial charge < -0.3 is 4.90 Å². The van der Waals surface area contributed by atoms with Gasteiger partial charge in [0, 0.05) is 13.1 Å². The van der Waals surface area contributed by atoms with Crippen molar-refractivity contribution in [1.29, 1.82) is 0 Å². The molecular weight excluding hydrogens is 220 g/mol. The zero-order chi connectivity index (χ0) is 11.8. The van der Waals surface area contributed by atoms with Crippen molar-refractivity contribution in [3.8, 4) is 0 Å². The van der Waals surface area contributed by atoms with Gasteiger partial charge in [0.2, 0.25) is 0 Å². The lowest BCUT2D eigenvalue weighted by Gasteiger charge is -2.24. The Morgan fingerprint density at radius 3 is 2.31 bits per heavy atom. The van der Waals surface area contributed by atoms with Crippen molar-refractivity contribution >= 4 is 18.3 Å². The Bertz CT molecular complexity index is 298. The smallest absolute Gasteiger partial charge is 0.143 e. The average molecular weight is 240 g/mol. The van der Waals surface area contributed by atoms with Crippen molar-refractivity contribution in [3.63, 3.8) is 0 Å². The Morgan fingerprint density at radius 2 is 1.81 bits per heavy atom. The van der Waals surface area contributed by atoms with Crippen molar-refractivity contribution in [1.82, 2.24) is 15.4 Å². The highest BCUT2D eigenvalue weighted by Crippen LogP contribution is 2.20. The van der Waals surface area contributed by atoms with Crippen LogP contribution in [-0.4, -0.2) is 28.5 Å². The van der Waals surface area contributed by atoms with E-state index >= 15 is 0 Å². The van der Waals surface area contributed by atoms with Gasteiger partial charge in [-0.3, -0.25) is 0 Å². The maximum Gasteiger partial charge on any atom is 0.143 e. The third kappa shape index (κ3) is 3.96. The highest BCUT2D eigenvalue weighted by atomic mass is 32.1. The second-order valence-electron chi connectivity index (χ2n) is 3.84. The van der Waals surface area contributed by atoms with Gasteiger partial charge in [-0.25, -0.2) is 0 Å². The lowest BCUT2D eigenvalue weighted by molar-refractivity contribution is 0.662. The maximum atomic E-state index is 4.33. The molecule has 90 valence electrons. The first-order valence-electron chi connectivity index (χ1n) is 5.91. The van der Waals surface area contributed by atoms with Gasteiger partial charge in [-0.1, -0.05) is 26.7 Å². The quantitative estimate of drug-likeness (QED) is 0.744. The first-order valence-corrected chi connectivity index (χ1v) is 6.36. The fraction of sp³-hybridized carbons (Fsp3) is 0.727. The zero-order valence-electron chi connectivity index (χ0n) is 10.1. The molecule has 0 aromatic carbocycles. The molecule has 0 N–H and O–H groups in total. The highest BCUT2D eigenvalue weighted by molar-refractivity contribution is 7.80. The summed E-state index contributed by atoms with van der Waals surface area (Å²) in [5.41, 5.74) is 1.00. The van der Waals surface area contributed by atoms with E-state index in [0.29, 0.717) is 5.03 Å². The molecule has 0 radical (unpaired) electrons. The van der Waals surface area contributed by atoms with Crippen LogP contribution >= 0.6 is 12.6 Å². The topological polar surface area (TPSA) is 41.9 Å². The molecule has 4 nitrogen and oxygen atoms in total. The second-order valence-corrected chi connectivity index (χ2v) is 4.26. The van der Waals surface area contributed by atoms with E-state index in [1.807, 2.05) is 0 Å². The van der Waals surface area contributed by atoms with Crippen LogP contribution in [0, 0.1) is 0 Å². The van der Waals surface area contributed by atoms with Crippen LogP contribution in [-0.2, 0) is 0 Å². The molecule has 0 saturated heterocycles. The lowest BCUT2D eigenvalue weighted by Crippen LogP contribution is -2.26. The molecule has 1 heterocycles. The lowest BCUT2D eigenvalue weighted by atomic mass is 10.2. The van der Waals surface area contributed by atoms with Gasteiger partial charge in [0.25, 0.3) is 0 Å². The van der Waals surface area contributed by atoms with Crippen molar-refractivity contribution in [3.05, 3.63) is 6.20 Å². The Hall–Kier alpha value is -0.840. The van der Waals surface area contributed by atoms with Crippen LogP contribution in [0.5, 0.6) is 0 Å². The molecule has 1 rings (SSSR count). The number of hydrogen-bond donors (Lipinski definition) is 1. The molecule has 0 fully saturated rings. The van der Waals surface area contributed by atoms with E-state index in [2.05, 4.69) is 46.8 Å². The molecular formula is C11H20N4S. The number of nitrogens with zero attached hydrogens (tertiary/aromatic N) is 4. The van der Waals surface area contributed by atoms with Crippen molar-refractivity contribution < 1.29 is 0 Å². The predicted molar refractivity (Wildman–Crippen MR) is 69.1 cm³/mol. The molecule has 5 heteroatoms. The summed E-state index contributed by atoms with van der Waals surface area (Å²) in [6.45, 7) is 6.47. The fourth-order valence-electron chi connectivity index (χ4n) is 1.53. The van der Waals surface area contributed by atoms with Crippen LogP contribution in [0.2, 0.25) is 0 Å². The Labute approximate surface area is 103 Å². The predicted octanol–water partition coefficient (Wildman–Crippen LogP) is 2.57. The number of aromatic nitrogens is 3. The normalized spacial score (nSPS) is 10.4. The van der Waals surface area contributed by atoms with Gasteiger partial charge in [-0.15, -0.1) is 22.8 Å². The number of rotatable bonds is 7. The molecule has 0 aliphatic carbocycles. The molecule has 1 aromatic rings. The summed E-state index contributed by atoms with van der Waals surface area (Å²) in [6.07, 6.45) is 6.49. The van der Waals surface area contributed by atoms with E-state index in [-0.39, 0.29) is 0 Å². The third-order valence-corrected chi connectivity index (χ3v) is 2.82. The SMILES string of the molecule is CCCCN(CCCC)c1cnnnc1S. The van der Waals surface area contributed by atoms with E-state index in [0.717, 1.165) is 18.8 Å². The van der Waals surface area contributed by atoms with Gasteiger partial charge in [-0.2, -0.15) is 0 Å². The minimum atomic E-state index is 0.669. The first kappa shape index (κ1) is 13.2. The van der Waals surface area contributed by atoms with Gasteiger partial charge in [0.1, 0.15) is 5.03 Å². The van der Waals surface area contributed by atoms with Gasteiger partial charge in [0.05, 0.1) is 11.9 Å². The molecule has 0 aliphatic rings. The van der Waals surface area contributed by atoms with Gasteiger partial charge in [0.15, 0.2) is 0 Å². The summed E-state index contributed by atoms with van der Waals surface area (Å²) in [4.78, 5) is 2.30. The Morgan fingerprint density at radius 1 is 1.19 bits per heavy atom. The number of unbranched alkanes of at least 4 members (excludes halogenated alkanes) is 2. The molecule has 16 heavy (non-hydrogen) atoms. The zero-order valence-corrected chi connectivity index (χ0v) is 11.0. The number of thiol groups is 1. The average Bonchev–Trinajstić information content (AvgIpc) is 2.31. The molecule has 1 aromatic heterocycles. The minimum absolute atomic E-state index is 0.669. The van der Waals surface area contributed by atoms with E-state index in [1.54, 1.807) is 6.20 Å². The standard InChI is InChI=1S/C11H20N4S/c1-3-5-7-15(8-6-4-2)10-9-12-14-13-11(10)16/h9H,3-8H2,1-2H3,(H,12,13,16).